The van der Waals surface area contributed by atoms with Crippen LogP contribution < -0.4 is 5.32 Å². The zero-order chi connectivity index (χ0) is 11.1. The van der Waals surface area contributed by atoms with Gasteiger partial charge in [0, 0.05) is 18.6 Å². The molecular weight excluding hydrogens is 214 g/mol. The molecule has 15 heavy (non-hydrogen) atoms. The third-order valence-electron chi connectivity index (χ3n) is 2.96. The Morgan fingerprint density at radius 1 is 1.47 bits per heavy atom. The van der Waals surface area contributed by atoms with Gasteiger partial charge in [-0.25, -0.2) is 0 Å². The van der Waals surface area contributed by atoms with Crippen molar-refractivity contribution in [3.63, 3.8) is 0 Å². The minimum Gasteiger partial charge on any atom is -0.480 e. The molecule has 2 heterocycles. The van der Waals surface area contributed by atoms with E-state index in [1.807, 2.05) is 13.8 Å². The van der Waals surface area contributed by atoms with Crippen LogP contribution in [0.15, 0.2) is 0 Å². The molecular formula is C10H17NO3S. The molecule has 0 aromatic heterocycles. The van der Waals surface area contributed by atoms with Gasteiger partial charge in [-0.05, 0) is 13.8 Å². The molecule has 0 bridgehead atoms. The van der Waals surface area contributed by atoms with Gasteiger partial charge in [0.05, 0.1) is 17.1 Å². The van der Waals surface area contributed by atoms with Crippen molar-refractivity contribution >= 4 is 17.7 Å². The molecule has 2 unspecified atom stereocenters. The maximum atomic E-state index is 10.9. The quantitative estimate of drug-likeness (QED) is 0.706. The fraction of sp³-hybridized carbons (Fsp3) is 0.900. The Morgan fingerprint density at radius 3 is 2.53 bits per heavy atom. The fourth-order valence-electron chi connectivity index (χ4n) is 2.52. The highest BCUT2D eigenvalue weighted by molar-refractivity contribution is 8.01. The molecule has 2 aliphatic heterocycles. The second kappa shape index (κ2) is 3.96. The Kier molecular flexibility index (Phi) is 2.96. The van der Waals surface area contributed by atoms with Crippen LogP contribution in [0, 0.1) is 0 Å². The Morgan fingerprint density at radius 2 is 2.07 bits per heavy atom. The van der Waals surface area contributed by atoms with Gasteiger partial charge in [-0.3, -0.25) is 10.1 Å². The lowest BCUT2D eigenvalue weighted by Gasteiger charge is -2.40. The molecule has 2 N–H and O–H groups in total. The van der Waals surface area contributed by atoms with Crippen molar-refractivity contribution in [2.75, 3.05) is 5.75 Å². The van der Waals surface area contributed by atoms with Gasteiger partial charge in [0.15, 0.2) is 0 Å². The predicted molar refractivity (Wildman–Crippen MR) is 59.0 cm³/mol. The second-order valence-corrected chi connectivity index (χ2v) is 5.91. The van der Waals surface area contributed by atoms with E-state index in [4.69, 9.17) is 9.84 Å². The summed E-state index contributed by atoms with van der Waals surface area (Å²) in [6.07, 6.45) is 2.21. The van der Waals surface area contributed by atoms with E-state index in [-0.39, 0.29) is 17.1 Å². The van der Waals surface area contributed by atoms with E-state index < -0.39 is 12.0 Å². The third-order valence-corrected chi connectivity index (χ3v) is 4.46. The smallest absolute Gasteiger partial charge is 0.321 e. The lowest BCUT2D eigenvalue weighted by molar-refractivity contribution is -0.139. The first-order valence-corrected chi connectivity index (χ1v) is 6.29. The summed E-state index contributed by atoms with van der Waals surface area (Å²) in [5, 5.41) is 12.2. The first-order valence-electron chi connectivity index (χ1n) is 5.31. The van der Waals surface area contributed by atoms with Crippen molar-refractivity contribution < 1.29 is 14.6 Å². The lowest BCUT2D eigenvalue weighted by Crippen LogP contribution is -2.51. The van der Waals surface area contributed by atoms with Crippen LogP contribution in [0.3, 0.4) is 0 Å². The SMILES string of the molecule is CC1CC2(CC(C)O1)N[C@@H](C(=O)O)CS2. The van der Waals surface area contributed by atoms with E-state index in [2.05, 4.69) is 5.32 Å². The largest absolute Gasteiger partial charge is 0.480 e. The Labute approximate surface area is 93.8 Å². The zero-order valence-electron chi connectivity index (χ0n) is 9.03. The van der Waals surface area contributed by atoms with Gasteiger partial charge < -0.3 is 9.84 Å². The highest BCUT2D eigenvalue weighted by Gasteiger charge is 2.46. The predicted octanol–water partition coefficient (Wildman–Crippen LogP) is 1.06. The summed E-state index contributed by atoms with van der Waals surface area (Å²) in [5.74, 6) is -0.0828. The molecule has 2 aliphatic rings. The molecule has 0 radical (unpaired) electrons. The highest BCUT2D eigenvalue weighted by atomic mass is 32.2. The average molecular weight is 231 g/mol. The number of thioether (sulfide) groups is 1. The summed E-state index contributed by atoms with van der Waals surface area (Å²) in [7, 11) is 0. The van der Waals surface area contributed by atoms with Crippen LogP contribution in [0.1, 0.15) is 26.7 Å². The molecule has 5 heteroatoms. The van der Waals surface area contributed by atoms with E-state index in [1.165, 1.54) is 0 Å². The molecule has 0 aliphatic carbocycles. The first kappa shape index (κ1) is 11.2. The van der Waals surface area contributed by atoms with Crippen molar-refractivity contribution in [2.45, 2.75) is 49.8 Å². The summed E-state index contributed by atoms with van der Waals surface area (Å²) in [6.45, 7) is 4.10. The van der Waals surface area contributed by atoms with Gasteiger partial charge >= 0.3 is 5.97 Å². The number of hydrogen-bond acceptors (Lipinski definition) is 4. The summed E-state index contributed by atoms with van der Waals surface area (Å²) in [5.41, 5.74) is 0. The van der Waals surface area contributed by atoms with Crippen molar-refractivity contribution in [1.82, 2.24) is 5.32 Å². The number of ether oxygens (including phenoxy) is 1. The molecule has 3 atom stereocenters. The second-order valence-electron chi connectivity index (χ2n) is 4.51. The molecule has 2 fully saturated rings. The number of carboxylic acid groups (broad SMARTS) is 1. The van der Waals surface area contributed by atoms with Crippen molar-refractivity contribution in [2.24, 2.45) is 0 Å². The number of carboxylic acids is 1. The molecule has 1 spiro atoms. The summed E-state index contributed by atoms with van der Waals surface area (Å²) in [6, 6.07) is -0.396. The van der Waals surface area contributed by atoms with Gasteiger partial charge in [-0.2, -0.15) is 0 Å². The molecule has 2 saturated heterocycles. The van der Waals surface area contributed by atoms with Crippen LogP contribution in [0.4, 0.5) is 0 Å². The number of aliphatic carboxylic acids is 1. The molecule has 0 amide bonds. The number of hydrogen-bond donors (Lipinski definition) is 2. The van der Waals surface area contributed by atoms with Crippen molar-refractivity contribution in [3.8, 4) is 0 Å². The van der Waals surface area contributed by atoms with E-state index in [9.17, 15) is 4.79 Å². The van der Waals surface area contributed by atoms with Crippen LogP contribution in [0.5, 0.6) is 0 Å². The first-order chi connectivity index (χ1) is 7.01. The van der Waals surface area contributed by atoms with Crippen molar-refractivity contribution in [1.29, 1.82) is 0 Å². The Hall–Kier alpha value is -0.260. The van der Waals surface area contributed by atoms with Gasteiger partial charge in [-0.15, -0.1) is 11.8 Å². The Balaban J connectivity index is 2.05. The van der Waals surface area contributed by atoms with Crippen LogP contribution >= 0.6 is 11.8 Å². The van der Waals surface area contributed by atoms with Crippen LogP contribution in [0.2, 0.25) is 0 Å². The molecule has 4 nitrogen and oxygen atoms in total. The summed E-state index contributed by atoms with van der Waals surface area (Å²) < 4.78 is 5.67. The number of nitrogens with one attached hydrogen (secondary N) is 1. The van der Waals surface area contributed by atoms with E-state index in [0.717, 1.165) is 12.8 Å². The highest BCUT2D eigenvalue weighted by Crippen LogP contribution is 2.42. The van der Waals surface area contributed by atoms with Gasteiger partial charge in [0.25, 0.3) is 0 Å². The Bertz CT molecular complexity index is 261. The maximum absolute atomic E-state index is 10.9. The van der Waals surface area contributed by atoms with Gasteiger partial charge in [-0.1, -0.05) is 0 Å². The molecule has 0 aromatic rings. The number of rotatable bonds is 1. The molecule has 0 aromatic carbocycles. The minimum absolute atomic E-state index is 0.0693. The van der Waals surface area contributed by atoms with Crippen LogP contribution in [0.25, 0.3) is 0 Å². The normalized spacial score (nSPS) is 45.9. The van der Waals surface area contributed by atoms with Crippen LogP contribution in [-0.2, 0) is 9.53 Å². The topological polar surface area (TPSA) is 58.6 Å². The maximum Gasteiger partial charge on any atom is 0.321 e. The molecule has 86 valence electrons. The minimum atomic E-state index is -0.744. The van der Waals surface area contributed by atoms with Gasteiger partial charge in [0.2, 0.25) is 0 Å². The third kappa shape index (κ3) is 2.29. The molecule has 2 rings (SSSR count). The lowest BCUT2D eigenvalue weighted by atomic mass is 9.98. The monoisotopic (exact) mass is 231 g/mol. The standard InChI is InChI=1S/C10H17NO3S/c1-6-3-10(4-7(2)14-6)11-8(5-15-10)9(12)13/h6-8,11H,3-5H2,1-2H3,(H,12,13)/t6?,7?,8-,10?/m1/s1. The zero-order valence-corrected chi connectivity index (χ0v) is 9.84. The fourth-order valence-corrected chi connectivity index (χ4v) is 4.16. The number of carbonyl (C=O) groups is 1. The molecule has 0 saturated carbocycles. The van der Waals surface area contributed by atoms with E-state index >= 15 is 0 Å². The average Bonchev–Trinajstić information content (AvgIpc) is 2.46. The summed E-state index contributed by atoms with van der Waals surface area (Å²) >= 11 is 1.74. The van der Waals surface area contributed by atoms with Crippen molar-refractivity contribution in [3.05, 3.63) is 0 Å². The van der Waals surface area contributed by atoms with Gasteiger partial charge in [0.1, 0.15) is 6.04 Å². The van der Waals surface area contributed by atoms with Crippen LogP contribution in [-0.4, -0.2) is 39.9 Å². The summed E-state index contributed by atoms with van der Waals surface area (Å²) in [4.78, 5) is 10.8. The van der Waals surface area contributed by atoms with E-state index in [0.29, 0.717) is 5.75 Å². The van der Waals surface area contributed by atoms with E-state index in [1.54, 1.807) is 11.8 Å².